The van der Waals surface area contributed by atoms with Gasteiger partial charge in [0.25, 0.3) is 0 Å². The molecule has 2 aromatic heterocycles. The number of hydrogen-bond donors (Lipinski definition) is 1. The highest BCUT2D eigenvalue weighted by molar-refractivity contribution is 6.31. The summed E-state index contributed by atoms with van der Waals surface area (Å²) >= 11 is 6.16. The number of nitrogens with one attached hydrogen (secondary N) is 1. The topological polar surface area (TPSA) is 79.2 Å². The second kappa shape index (κ2) is 8.55. The molecular weight excluding hydrogens is 414 g/mol. The first-order chi connectivity index (χ1) is 14.8. The van der Waals surface area contributed by atoms with Gasteiger partial charge in [-0.1, -0.05) is 17.7 Å². The lowest BCUT2D eigenvalue weighted by Crippen LogP contribution is -2.50. The minimum atomic E-state index is -0.118. The number of piperazine rings is 1. The van der Waals surface area contributed by atoms with Crippen molar-refractivity contribution in [2.45, 2.75) is 27.7 Å². The van der Waals surface area contributed by atoms with Gasteiger partial charge >= 0.3 is 6.03 Å². The predicted octanol–water partition coefficient (Wildman–Crippen LogP) is 3.90. The molecule has 2 amide bonds. The summed E-state index contributed by atoms with van der Waals surface area (Å²) in [6, 6.07) is 9.37. The number of carbonyl (C=O) groups is 1. The molecule has 3 heterocycles. The first kappa shape index (κ1) is 21.1. The number of anilines is 2. The van der Waals surface area contributed by atoms with E-state index in [0.717, 1.165) is 34.3 Å². The molecular formula is C22H26ClN7O. The second-order valence-electron chi connectivity index (χ2n) is 7.79. The summed E-state index contributed by atoms with van der Waals surface area (Å²) < 4.78 is 1.84. The van der Waals surface area contributed by atoms with Crippen molar-refractivity contribution in [3.63, 3.8) is 0 Å². The summed E-state index contributed by atoms with van der Waals surface area (Å²) in [6.45, 7) is 10.3. The van der Waals surface area contributed by atoms with Crippen molar-refractivity contribution in [1.82, 2.24) is 24.6 Å². The van der Waals surface area contributed by atoms with E-state index in [-0.39, 0.29) is 6.03 Å². The molecule has 1 saturated heterocycles. The zero-order chi connectivity index (χ0) is 22.1. The standard InChI is InChI=1S/C22H26ClN7O/c1-14-12-15(2)30(27-14)21-13-20(24-17(4)25-21)28-8-10-29(11-9-28)22(31)26-19-7-5-6-18(23)16(19)3/h5-7,12-13H,8-11H2,1-4H3,(H,26,31). The fraction of sp³-hybridized carbons (Fsp3) is 0.364. The van der Waals surface area contributed by atoms with Crippen LogP contribution in [0, 0.1) is 27.7 Å². The number of halogens is 1. The number of aryl methyl sites for hydroxylation is 3. The van der Waals surface area contributed by atoms with Gasteiger partial charge in [-0.2, -0.15) is 5.10 Å². The Morgan fingerprint density at radius 2 is 1.71 bits per heavy atom. The Balaban J connectivity index is 1.44. The van der Waals surface area contributed by atoms with Crippen LogP contribution in [0.1, 0.15) is 22.8 Å². The van der Waals surface area contributed by atoms with E-state index in [1.807, 2.05) is 67.6 Å². The molecule has 0 bridgehead atoms. The Morgan fingerprint density at radius 3 is 2.39 bits per heavy atom. The predicted molar refractivity (Wildman–Crippen MR) is 122 cm³/mol. The van der Waals surface area contributed by atoms with E-state index in [1.165, 1.54) is 0 Å². The molecule has 1 N–H and O–H groups in total. The van der Waals surface area contributed by atoms with E-state index in [2.05, 4.69) is 25.3 Å². The van der Waals surface area contributed by atoms with Crippen molar-refractivity contribution >= 4 is 29.1 Å². The molecule has 8 nitrogen and oxygen atoms in total. The van der Waals surface area contributed by atoms with Gasteiger partial charge < -0.3 is 15.1 Å². The average molecular weight is 440 g/mol. The van der Waals surface area contributed by atoms with E-state index < -0.39 is 0 Å². The zero-order valence-corrected chi connectivity index (χ0v) is 18.9. The first-order valence-electron chi connectivity index (χ1n) is 10.3. The molecule has 1 fully saturated rings. The maximum absolute atomic E-state index is 12.7. The van der Waals surface area contributed by atoms with Gasteiger partial charge in [0.05, 0.1) is 5.69 Å². The Kier molecular flexibility index (Phi) is 5.82. The Hall–Kier alpha value is -3.13. The molecule has 31 heavy (non-hydrogen) atoms. The van der Waals surface area contributed by atoms with Crippen LogP contribution in [0.15, 0.2) is 30.3 Å². The zero-order valence-electron chi connectivity index (χ0n) is 18.2. The first-order valence-corrected chi connectivity index (χ1v) is 10.6. The highest BCUT2D eigenvalue weighted by atomic mass is 35.5. The maximum Gasteiger partial charge on any atom is 0.321 e. The molecule has 1 aliphatic heterocycles. The van der Waals surface area contributed by atoms with Crippen LogP contribution in [-0.2, 0) is 0 Å². The van der Waals surface area contributed by atoms with E-state index in [0.29, 0.717) is 37.0 Å². The van der Waals surface area contributed by atoms with Crippen LogP contribution in [0.25, 0.3) is 5.82 Å². The van der Waals surface area contributed by atoms with Gasteiger partial charge in [0.15, 0.2) is 5.82 Å². The van der Waals surface area contributed by atoms with E-state index in [9.17, 15) is 4.79 Å². The van der Waals surface area contributed by atoms with Gasteiger partial charge in [-0.15, -0.1) is 0 Å². The van der Waals surface area contributed by atoms with Crippen LogP contribution in [0.3, 0.4) is 0 Å². The van der Waals surface area contributed by atoms with Crippen molar-refractivity contribution in [2.24, 2.45) is 0 Å². The molecule has 4 rings (SSSR count). The van der Waals surface area contributed by atoms with E-state index in [4.69, 9.17) is 11.6 Å². The van der Waals surface area contributed by atoms with E-state index >= 15 is 0 Å². The minimum Gasteiger partial charge on any atom is -0.353 e. The highest BCUT2D eigenvalue weighted by Crippen LogP contribution is 2.24. The third-order valence-electron chi connectivity index (χ3n) is 5.44. The molecule has 162 valence electrons. The highest BCUT2D eigenvalue weighted by Gasteiger charge is 2.23. The van der Waals surface area contributed by atoms with Gasteiger partial charge in [-0.25, -0.2) is 19.4 Å². The molecule has 0 unspecified atom stereocenters. The van der Waals surface area contributed by atoms with Crippen molar-refractivity contribution in [3.8, 4) is 5.82 Å². The van der Waals surface area contributed by atoms with Crippen LogP contribution in [0.4, 0.5) is 16.3 Å². The third-order valence-corrected chi connectivity index (χ3v) is 5.85. The van der Waals surface area contributed by atoms with Crippen LogP contribution in [0.5, 0.6) is 0 Å². The molecule has 0 saturated carbocycles. The quantitative estimate of drug-likeness (QED) is 0.669. The fourth-order valence-corrected chi connectivity index (χ4v) is 3.92. The molecule has 0 spiro atoms. The van der Waals surface area contributed by atoms with Crippen LogP contribution < -0.4 is 10.2 Å². The number of carbonyl (C=O) groups excluding carboxylic acids is 1. The molecule has 1 aliphatic rings. The Labute approximate surface area is 186 Å². The van der Waals surface area contributed by atoms with Gasteiger partial charge in [-0.3, -0.25) is 0 Å². The smallest absolute Gasteiger partial charge is 0.321 e. The SMILES string of the molecule is Cc1cc(C)n(-c2cc(N3CCN(C(=O)Nc4cccc(Cl)c4C)CC3)nc(C)n2)n1. The molecule has 0 aliphatic carbocycles. The lowest BCUT2D eigenvalue weighted by Gasteiger charge is -2.35. The number of amides is 2. The number of rotatable bonds is 3. The summed E-state index contributed by atoms with van der Waals surface area (Å²) in [7, 11) is 0. The summed E-state index contributed by atoms with van der Waals surface area (Å²) in [6.07, 6.45) is 0. The summed E-state index contributed by atoms with van der Waals surface area (Å²) in [4.78, 5) is 25.9. The lowest BCUT2D eigenvalue weighted by molar-refractivity contribution is 0.208. The summed E-state index contributed by atoms with van der Waals surface area (Å²) in [5.41, 5.74) is 3.58. The maximum atomic E-state index is 12.7. The largest absolute Gasteiger partial charge is 0.353 e. The second-order valence-corrected chi connectivity index (χ2v) is 8.19. The van der Waals surface area contributed by atoms with Gasteiger partial charge in [0.2, 0.25) is 0 Å². The summed E-state index contributed by atoms with van der Waals surface area (Å²) in [5, 5.41) is 8.14. The fourth-order valence-electron chi connectivity index (χ4n) is 3.74. The van der Waals surface area contributed by atoms with Crippen LogP contribution in [-0.4, -0.2) is 56.9 Å². The van der Waals surface area contributed by atoms with Gasteiger partial charge in [0, 0.05) is 48.6 Å². The molecule has 0 atom stereocenters. The lowest BCUT2D eigenvalue weighted by atomic mass is 10.2. The molecule has 0 radical (unpaired) electrons. The molecule has 9 heteroatoms. The molecule has 3 aromatic rings. The number of urea groups is 1. The van der Waals surface area contributed by atoms with E-state index in [1.54, 1.807) is 0 Å². The molecule has 1 aromatic carbocycles. The van der Waals surface area contributed by atoms with Crippen LogP contribution in [0.2, 0.25) is 5.02 Å². The van der Waals surface area contributed by atoms with Crippen molar-refractivity contribution in [1.29, 1.82) is 0 Å². The number of benzene rings is 1. The van der Waals surface area contributed by atoms with Crippen LogP contribution >= 0.6 is 11.6 Å². The number of hydrogen-bond acceptors (Lipinski definition) is 5. The van der Waals surface area contributed by atoms with Gasteiger partial charge in [0.1, 0.15) is 11.6 Å². The third kappa shape index (κ3) is 4.49. The number of aromatic nitrogens is 4. The number of nitrogens with zero attached hydrogens (tertiary/aromatic N) is 6. The Bertz CT molecular complexity index is 1120. The Morgan fingerprint density at radius 1 is 1.00 bits per heavy atom. The monoisotopic (exact) mass is 439 g/mol. The average Bonchev–Trinajstić information content (AvgIpc) is 3.09. The normalized spacial score (nSPS) is 14.1. The van der Waals surface area contributed by atoms with Crippen molar-refractivity contribution in [3.05, 3.63) is 58.1 Å². The van der Waals surface area contributed by atoms with Crippen molar-refractivity contribution < 1.29 is 4.79 Å². The van der Waals surface area contributed by atoms with Gasteiger partial charge in [-0.05, 0) is 51.5 Å². The minimum absolute atomic E-state index is 0.118. The van der Waals surface area contributed by atoms with Crippen molar-refractivity contribution in [2.75, 3.05) is 36.4 Å². The summed E-state index contributed by atoms with van der Waals surface area (Å²) in [5.74, 6) is 2.29.